The van der Waals surface area contributed by atoms with Crippen molar-refractivity contribution in [3.63, 3.8) is 0 Å². The number of likely N-dealkylation sites (tertiary alicyclic amines) is 1. The number of fused-ring (bicyclic) bond motifs is 3. The highest BCUT2D eigenvalue weighted by Gasteiger charge is 2.50. The Hall–Kier alpha value is -6.84. The number of anilines is 1. The summed E-state index contributed by atoms with van der Waals surface area (Å²) in [6.45, 7) is 5.98. The van der Waals surface area contributed by atoms with Gasteiger partial charge in [0.2, 0.25) is 29.5 Å². The fourth-order valence-corrected chi connectivity index (χ4v) is 10.7. The van der Waals surface area contributed by atoms with Crippen LogP contribution in [0.2, 0.25) is 0 Å². The van der Waals surface area contributed by atoms with E-state index in [1.807, 2.05) is 42.5 Å². The molecular formula is C52H53F2N6O10PS. The topological polar surface area (TPSA) is 223 Å². The molecule has 5 aromatic rings. The number of nitrogens with zero attached hydrogens (tertiary/aromatic N) is 3. The number of alkyl halides is 2. The zero-order valence-electron chi connectivity index (χ0n) is 39.7. The third-order valence-electron chi connectivity index (χ3n) is 13.1. The van der Waals surface area contributed by atoms with E-state index >= 15 is 0 Å². The zero-order valence-corrected chi connectivity index (χ0v) is 41.4. The van der Waals surface area contributed by atoms with Crippen molar-refractivity contribution in [1.82, 2.24) is 25.8 Å². The molecule has 1 unspecified atom stereocenters. The Bertz CT molecular complexity index is 3140. The Morgan fingerprint density at radius 2 is 1.71 bits per heavy atom. The van der Waals surface area contributed by atoms with Gasteiger partial charge in [0, 0.05) is 72.5 Å². The Morgan fingerprint density at radius 3 is 2.44 bits per heavy atom. The van der Waals surface area contributed by atoms with Crippen molar-refractivity contribution in [2.75, 3.05) is 24.5 Å². The molecule has 20 heteroatoms. The third-order valence-corrected chi connectivity index (χ3v) is 15.2. The van der Waals surface area contributed by atoms with Crippen molar-refractivity contribution >= 4 is 86.8 Å². The summed E-state index contributed by atoms with van der Waals surface area (Å²) in [6, 6.07) is 19.9. The number of carbonyl (C=O) groups is 7. The summed E-state index contributed by atoms with van der Waals surface area (Å²) >= 11 is 0.956. The molecule has 2 saturated heterocycles. The molecule has 4 heterocycles. The molecule has 3 aliphatic heterocycles. The predicted molar refractivity (Wildman–Crippen MR) is 266 cm³/mol. The second kappa shape index (κ2) is 20.7. The monoisotopic (exact) mass is 1020 g/mol. The van der Waals surface area contributed by atoms with Crippen molar-refractivity contribution in [3.05, 3.63) is 112 Å². The Morgan fingerprint density at radius 1 is 0.944 bits per heavy atom. The highest BCUT2D eigenvalue weighted by atomic mass is 32.1. The molecule has 0 aliphatic carbocycles. The minimum atomic E-state index is -5.84. The van der Waals surface area contributed by atoms with E-state index in [-0.39, 0.29) is 66.9 Å². The highest BCUT2D eigenvalue weighted by molar-refractivity contribution is 7.52. The first-order valence-electron chi connectivity index (χ1n) is 23.5. The maximum atomic E-state index is 14.8. The van der Waals surface area contributed by atoms with Crippen molar-refractivity contribution < 1.29 is 56.7 Å². The van der Waals surface area contributed by atoms with Crippen LogP contribution in [0.1, 0.15) is 102 Å². The summed E-state index contributed by atoms with van der Waals surface area (Å²) in [7, 11) is -5.84. The molecule has 3 aliphatic rings. The average Bonchev–Trinajstić information content (AvgIpc) is 4.09. The number of rotatable bonds is 14. The standard InChI is InChI=1S/C52H53F2N6O10PS/c1-51(2,3)45(57-47(64)42-29-34-27-35(18-21-41(34)72-42)52(53,54)71(68,69)70)50(67)59-25-10-16-40(59)49(66)58(36-19-17-31-11-6-7-13-33(31)28-36)26-23-43(61)55-24-8-4-5-12-32-14-9-15-37-38(32)30-60(48(37)65)39-20-22-44(62)56-46(39)63/h6-7,9,11,13-15,17-19,21,27-29,39-40,45H,4,8,10,16,20,22-26,30H2,1-3H3,(H,55,61)(H,57,64)(H,56,62,63)(H2,68,69,70)/t39?,40-,45+/m0/s1. The Labute approximate surface area is 417 Å². The van der Waals surface area contributed by atoms with E-state index in [1.165, 1.54) is 26.8 Å². The Balaban J connectivity index is 0.915. The van der Waals surface area contributed by atoms with Gasteiger partial charge in [0.05, 0.1) is 4.88 Å². The number of halogens is 2. The minimum absolute atomic E-state index is 0.0117. The number of nitrogens with one attached hydrogen (secondary N) is 3. The van der Waals surface area contributed by atoms with Crippen molar-refractivity contribution in [1.29, 1.82) is 0 Å². The van der Waals surface area contributed by atoms with E-state index in [2.05, 4.69) is 27.8 Å². The van der Waals surface area contributed by atoms with Crippen LogP contribution in [0.4, 0.5) is 14.5 Å². The van der Waals surface area contributed by atoms with Gasteiger partial charge < -0.3 is 35.1 Å². The Kier molecular flexibility index (Phi) is 14.8. The van der Waals surface area contributed by atoms with Gasteiger partial charge >= 0.3 is 13.3 Å². The number of thiophene rings is 1. The molecule has 1 aromatic heterocycles. The summed E-state index contributed by atoms with van der Waals surface area (Å²) in [4.78, 5) is 117. The second-order valence-electron chi connectivity index (χ2n) is 19.2. The normalized spacial score (nSPS) is 17.6. The predicted octanol–water partition coefficient (Wildman–Crippen LogP) is 6.55. The number of piperidine rings is 1. The van der Waals surface area contributed by atoms with Crippen molar-refractivity contribution in [2.24, 2.45) is 5.41 Å². The van der Waals surface area contributed by atoms with Crippen LogP contribution >= 0.6 is 18.9 Å². The lowest BCUT2D eigenvalue weighted by atomic mass is 9.85. The molecule has 8 rings (SSSR count). The van der Waals surface area contributed by atoms with Crippen LogP contribution in [0, 0.1) is 17.3 Å². The van der Waals surface area contributed by atoms with Crippen LogP contribution in [0.5, 0.6) is 0 Å². The fourth-order valence-electron chi connectivity index (χ4n) is 9.27. The lowest BCUT2D eigenvalue weighted by Gasteiger charge is -2.36. The van der Waals surface area contributed by atoms with Crippen LogP contribution in [-0.4, -0.2) is 98.7 Å². The molecule has 16 nitrogen and oxygen atoms in total. The van der Waals surface area contributed by atoms with E-state index in [0.717, 1.165) is 34.2 Å². The first-order valence-corrected chi connectivity index (χ1v) is 26.0. The average molecular weight is 1020 g/mol. The van der Waals surface area contributed by atoms with E-state index in [1.54, 1.807) is 39.0 Å². The number of unbranched alkanes of at least 4 members (excludes halogenated alkanes) is 1. The third kappa shape index (κ3) is 10.8. The van der Waals surface area contributed by atoms with Crippen LogP contribution in [0.3, 0.4) is 0 Å². The van der Waals surface area contributed by atoms with Gasteiger partial charge in [-0.1, -0.05) is 75.1 Å². The highest BCUT2D eigenvalue weighted by Crippen LogP contribution is 2.59. The zero-order chi connectivity index (χ0) is 51.7. The lowest BCUT2D eigenvalue weighted by Crippen LogP contribution is -2.58. The minimum Gasteiger partial charge on any atom is -0.356 e. The molecule has 376 valence electrons. The summed E-state index contributed by atoms with van der Waals surface area (Å²) < 4.78 is 41.0. The van der Waals surface area contributed by atoms with Crippen LogP contribution in [-0.2, 0) is 40.7 Å². The molecule has 7 amide bonds. The molecule has 0 saturated carbocycles. The smallest absolute Gasteiger partial charge is 0.356 e. The van der Waals surface area contributed by atoms with Gasteiger partial charge in [0.25, 0.3) is 11.8 Å². The molecule has 72 heavy (non-hydrogen) atoms. The van der Waals surface area contributed by atoms with E-state index < -0.39 is 66.0 Å². The fraction of sp³-hybridized carbons (Fsp3) is 0.365. The molecular weight excluding hydrogens is 970 g/mol. The maximum Gasteiger partial charge on any atom is 0.399 e. The maximum absolute atomic E-state index is 14.8. The van der Waals surface area contributed by atoms with Gasteiger partial charge in [-0.05, 0) is 95.3 Å². The van der Waals surface area contributed by atoms with Gasteiger partial charge in [-0.25, -0.2) is 0 Å². The molecule has 4 aromatic carbocycles. The number of hydrogen-bond acceptors (Lipinski definition) is 9. The summed E-state index contributed by atoms with van der Waals surface area (Å²) in [5.41, 5.74) is -3.86. The van der Waals surface area contributed by atoms with Crippen molar-refractivity contribution in [2.45, 2.75) is 96.1 Å². The SMILES string of the molecule is CC(C)(C)[C@H](NC(=O)c1cc2cc(C(F)(F)P(=O)(O)O)ccc2s1)C(=O)N1CCC[C@H]1C(=O)N(CCC(=O)NCCCC#Cc1cccc2c1CN(C1CCC(=O)NC1=O)C2=O)c1ccc2ccccc2c1. The first-order chi connectivity index (χ1) is 34.1. The quantitative estimate of drug-likeness (QED) is 0.0349. The number of carbonyl (C=O) groups excluding carboxylic acids is 7. The number of hydrogen-bond donors (Lipinski definition) is 5. The molecule has 0 bridgehead atoms. The van der Waals surface area contributed by atoms with Gasteiger partial charge in [-0.15, -0.1) is 11.3 Å². The molecule has 0 radical (unpaired) electrons. The van der Waals surface area contributed by atoms with Crippen molar-refractivity contribution in [3.8, 4) is 11.8 Å². The molecule has 0 spiro atoms. The summed E-state index contributed by atoms with van der Waals surface area (Å²) in [5.74, 6) is 3.22. The van der Waals surface area contributed by atoms with Crippen LogP contribution < -0.4 is 20.9 Å². The largest absolute Gasteiger partial charge is 0.399 e. The summed E-state index contributed by atoms with van der Waals surface area (Å²) in [6.07, 6.45) is 2.09. The molecule has 5 N–H and O–H groups in total. The number of benzene rings is 4. The first kappa shape index (κ1) is 51.5. The van der Waals surface area contributed by atoms with Gasteiger partial charge in [-0.3, -0.25) is 43.4 Å². The lowest BCUT2D eigenvalue weighted by molar-refractivity contribution is -0.141. The molecule has 3 atom stereocenters. The number of amides is 7. The van der Waals surface area contributed by atoms with Gasteiger partial charge in [0.15, 0.2) is 0 Å². The second-order valence-corrected chi connectivity index (χ2v) is 21.9. The van der Waals surface area contributed by atoms with E-state index in [4.69, 9.17) is 0 Å². The van der Waals surface area contributed by atoms with Crippen LogP contribution in [0.25, 0.3) is 20.9 Å². The van der Waals surface area contributed by atoms with Crippen LogP contribution in [0.15, 0.2) is 84.9 Å². The molecule has 2 fully saturated rings. The number of imide groups is 1. The summed E-state index contributed by atoms with van der Waals surface area (Å²) in [5, 5.41) is 9.99. The van der Waals surface area contributed by atoms with E-state index in [0.29, 0.717) is 59.3 Å². The van der Waals surface area contributed by atoms with Gasteiger partial charge in [-0.2, -0.15) is 8.78 Å². The van der Waals surface area contributed by atoms with Gasteiger partial charge in [0.1, 0.15) is 18.1 Å². The van der Waals surface area contributed by atoms with E-state index in [9.17, 15) is 56.7 Å².